The fourth-order valence-corrected chi connectivity index (χ4v) is 3.18. The first kappa shape index (κ1) is 20.5. The summed E-state index contributed by atoms with van der Waals surface area (Å²) in [5, 5.41) is 13.3. The molecule has 0 spiro atoms. The minimum atomic E-state index is -0.476. The molecule has 0 aliphatic carbocycles. The van der Waals surface area contributed by atoms with Crippen LogP contribution in [0.1, 0.15) is 15.9 Å². The molecule has 156 valence electrons. The van der Waals surface area contributed by atoms with Crippen molar-refractivity contribution in [2.45, 2.75) is 6.92 Å². The Balaban J connectivity index is 1.52. The minimum Gasteiger partial charge on any atom is -0.465 e. The van der Waals surface area contributed by atoms with Crippen LogP contribution in [0, 0.1) is 6.92 Å². The van der Waals surface area contributed by atoms with Gasteiger partial charge in [-0.1, -0.05) is 45.8 Å². The van der Waals surface area contributed by atoms with E-state index in [1.165, 1.54) is 19.0 Å². The lowest BCUT2D eigenvalue weighted by molar-refractivity contribution is 0.0602. The van der Waals surface area contributed by atoms with E-state index in [4.69, 9.17) is 4.74 Å². The molecule has 0 fully saturated rings. The Bertz CT molecular complexity index is 1220. The summed E-state index contributed by atoms with van der Waals surface area (Å²) in [5.74, 6) is 0.651. The number of anilines is 4. The Labute approximate surface area is 186 Å². The Kier molecular flexibility index (Phi) is 5.89. The molecule has 0 bridgehead atoms. The Morgan fingerprint density at radius 1 is 1.03 bits per heavy atom. The van der Waals surface area contributed by atoms with Crippen molar-refractivity contribution in [3.63, 3.8) is 0 Å². The smallest absolute Gasteiger partial charge is 0.340 e. The average Bonchev–Trinajstić information content (AvgIpc) is 3.23. The number of nitrogens with one attached hydrogen (secondary N) is 3. The molecule has 10 heteroatoms. The topological polar surface area (TPSA) is 118 Å². The molecule has 4 aromatic rings. The van der Waals surface area contributed by atoms with Crippen LogP contribution >= 0.6 is 15.9 Å². The van der Waals surface area contributed by atoms with Gasteiger partial charge in [-0.05, 0) is 30.7 Å². The molecule has 0 saturated carbocycles. The summed E-state index contributed by atoms with van der Waals surface area (Å²) < 4.78 is 5.59. The first-order chi connectivity index (χ1) is 15.0. The Morgan fingerprint density at radius 3 is 2.52 bits per heavy atom. The predicted octanol–water partition coefficient (Wildman–Crippen LogP) is 4.61. The number of aromatic nitrogens is 5. The van der Waals surface area contributed by atoms with E-state index in [-0.39, 0.29) is 5.95 Å². The molecule has 0 atom stereocenters. The molecule has 3 N–H and O–H groups in total. The zero-order valence-corrected chi connectivity index (χ0v) is 18.3. The van der Waals surface area contributed by atoms with E-state index in [1.54, 1.807) is 18.2 Å². The summed E-state index contributed by atoms with van der Waals surface area (Å²) in [6.07, 6.45) is 1.36. The van der Waals surface area contributed by atoms with Gasteiger partial charge in [-0.25, -0.2) is 14.8 Å². The van der Waals surface area contributed by atoms with Gasteiger partial charge in [0.15, 0.2) is 5.82 Å². The van der Waals surface area contributed by atoms with Crippen LogP contribution in [0.2, 0.25) is 0 Å². The maximum atomic E-state index is 12.1. The largest absolute Gasteiger partial charge is 0.465 e. The van der Waals surface area contributed by atoms with Crippen LogP contribution in [0.4, 0.5) is 23.4 Å². The third-order valence-corrected chi connectivity index (χ3v) is 4.88. The van der Waals surface area contributed by atoms with Crippen LogP contribution in [0.25, 0.3) is 11.3 Å². The highest BCUT2D eigenvalue weighted by Gasteiger charge is 2.14. The first-order valence-corrected chi connectivity index (χ1v) is 10.0. The number of carbonyl (C=O) groups excluding carboxylic acids is 1. The van der Waals surface area contributed by atoms with Gasteiger partial charge >= 0.3 is 5.97 Å². The number of rotatable bonds is 6. The fraction of sp³-hybridized carbons (Fsp3) is 0.0952. The average molecular weight is 480 g/mol. The number of esters is 1. The highest BCUT2D eigenvalue weighted by atomic mass is 79.9. The molecule has 2 aromatic carbocycles. The zero-order chi connectivity index (χ0) is 21.8. The normalized spacial score (nSPS) is 10.5. The van der Waals surface area contributed by atoms with E-state index >= 15 is 0 Å². The molecule has 2 aromatic heterocycles. The SMILES string of the molecule is COC(=O)c1cc(Br)ccc1Nc1ncnc(Nc2cc(-c3ccc(C)cc3)[nH]n2)n1. The Hall–Kier alpha value is -3.79. The monoisotopic (exact) mass is 479 g/mol. The number of nitrogens with zero attached hydrogens (tertiary/aromatic N) is 4. The van der Waals surface area contributed by atoms with Gasteiger partial charge in [0.25, 0.3) is 0 Å². The molecule has 0 radical (unpaired) electrons. The number of aryl methyl sites for hydroxylation is 1. The number of halogens is 1. The summed E-state index contributed by atoms with van der Waals surface area (Å²) in [7, 11) is 1.33. The quantitative estimate of drug-likeness (QED) is 0.343. The lowest BCUT2D eigenvalue weighted by atomic mass is 10.1. The van der Waals surface area contributed by atoms with Gasteiger partial charge in [-0.2, -0.15) is 10.1 Å². The van der Waals surface area contributed by atoms with Gasteiger partial charge in [0.1, 0.15) is 6.33 Å². The summed E-state index contributed by atoms with van der Waals surface area (Å²) in [6.45, 7) is 2.04. The molecule has 31 heavy (non-hydrogen) atoms. The van der Waals surface area contributed by atoms with E-state index in [0.717, 1.165) is 15.7 Å². The molecule has 0 amide bonds. The predicted molar refractivity (Wildman–Crippen MR) is 121 cm³/mol. The number of hydrogen-bond acceptors (Lipinski definition) is 8. The number of benzene rings is 2. The van der Waals surface area contributed by atoms with Crippen molar-refractivity contribution in [2.24, 2.45) is 0 Å². The second kappa shape index (κ2) is 8.92. The molecule has 0 aliphatic rings. The third-order valence-electron chi connectivity index (χ3n) is 4.39. The maximum absolute atomic E-state index is 12.1. The van der Waals surface area contributed by atoms with Crippen LogP contribution in [-0.4, -0.2) is 38.2 Å². The summed E-state index contributed by atoms with van der Waals surface area (Å²) >= 11 is 3.35. The van der Waals surface area contributed by atoms with E-state index < -0.39 is 5.97 Å². The summed E-state index contributed by atoms with van der Waals surface area (Å²) in [6, 6.07) is 15.2. The van der Waals surface area contributed by atoms with Crippen molar-refractivity contribution in [1.82, 2.24) is 25.1 Å². The lowest BCUT2D eigenvalue weighted by Gasteiger charge is -2.10. The number of aromatic amines is 1. The van der Waals surface area contributed by atoms with Crippen LogP contribution < -0.4 is 10.6 Å². The molecular weight excluding hydrogens is 462 g/mol. The Morgan fingerprint density at radius 2 is 1.77 bits per heavy atom. The van der Waals surface area contributed by atoms with E-state index in [2.05, 4.69) is 51.7 Å². The molecule has 4 rings (SSSR count). The summed E-state index contributed by atoms with van der Waals surface area (Å²) in [5.41, 5.74) is 3.94. The van der Waals surface area contributed by atoms with E-state index in [0.29, 0.717) is 23.0 Å². The fourth-order valence-electron chi connectivity index (χ4n) is 2.82. The molecule has 0 unspecified atom stereocenters. The highest BCUT2D eigenvalue weighted by Crippen LogP contribution is 2.25. The maximum Gasteiger partial charge on any atom is 0.340 e. The first-order valence-electron chi connectivity index (χ1n) is 9.25. The minimum absolute atomic E-state index is 0.263. The van der Waals surface area contributed by atoms with Crippen LogP contribution in [0.3, 0.4) is 0 Å². The van der Waals surface area contributed by atoms with Crippen molar-refractivity contribution >= 4 is 45.3 Å². The van der Waals surface area contributed by atoms with Crippen LogP contribution in [0.15, 0.2) is 59.3 Å². The van der Waals surface area contributed by atoms with E-state index in [9.17, 15) is 4.79 Å². The molecule has 2 heterocycles. The third kappa shape index (κ3) is 4.86. The van der Waals surface area contributed by atoms with Gasteiger partial charge in [-0.3, -0.25) is 5.10 Å². The molecule has 0 saturated heterocycles. The number of hydrogen-bond donors (Lipinski definition) is 3. The van der Waals surface area contributed by atoms with Crippen LogP contribution in [-0.2, 0) is 4.74 Å². The highest BCUT2D eigenvalue weighted by molar-refractivity contribution is 9.10. The number of carbonyl (C=O) groups is 1. The van der Waals surface area contributed by atoms with Gasteiger partial charge in [-0.15, -0.1) is 0 Å². The van der Waals surface area contributed by atoms with Gasteiger partial charge in [0.05, 0.1) is 24.1 Å². The molecular formula is C21H18BrN7O2. The molecule has 9 nitrogen and oxygen atoms in total. The second-order valence-corrected chi connectivity index (χ2v) is 7.51. The van der Waals surface area contributed by atoms with Gasteiger partial charge in [0, 0.05) is 10.5 Å². The van der Waals surface area contributed by atoms with Crippen molar-refractivity contribution in [1.29, 1.82) is 0 Å². The van der Waals surface area contributed by atoms with E-state index in [1.807, 2.05) is 37.3 Å². The zero-order valence-electron chi connectivity index (χ0n) is 16.7. The number of methoxy groups -OCH3 is 1. The lowest BCUT2D eigenvalue weighted by Crippen LogP contribution is -2.08. The molecule has 0 aliphatic heterocycles. The van der Waals surface area contributed by atoms with Gasteiger partial charge < -0.3 is 15.4 Å². The number of ether oxygens (including phenoxy) is 1. The van der Waals surface area contributed by atoms with Crippen molar-refractivity contribution in [2.75, 3.05) is 17.7 Å². The van der Waals surface area contributed by atoms with Crippen molar-refractivity contribution < 1.29 is 9.53 Å². The van der Waals surface area contributed by atoms with Crippen molar-refractivity contribution in [3.8, 4) is 11.3 Å². The number of H-pyrrole nitrogens is 1. The van der Waals surface area contributed by atoms with Crippen molar-refractivity contribution in [3.05, 3.63) is 70.5 Å². The standard InChI is InChI=1S/C21H18BrN7O2/c1-12-3-5-13(6-4-12)17-10-18(29-28-17)26-21-24-11-23-20(27-21)25-16-8-7-14(22)9-15(16)19(30)31-2/h3-11H,1-2H3,(H3,23,24,25,26,27,28,29). The summed E-state index contributed by atoms with van der Waals surface area (Å²) in [4.78, 5) is 24.7. The van der Waals surface area contributed by atoms with Gasteiger partial charge in [0.2, 0.25) is 11.9 Å². The second-order valence-electron chi connectivity index (χ2n) is 6.60. The van der Waals surface area contributed by atoms with Crippen LogP contribution in [0.5, 0.6) is 0 Å².